The van der Waals surface area contributed by atoms with Gasteiger partial charge in [-0.3, -0.25) is 4.79 Å². The highest BCUT2D eigenvalue weighted by Crippen LogP contribution is 2.09. The fourth-order valence-electron chi connectivity index (χ4n) is 1.42. The molecule has 1 amide bonds. The first-order valence-corrected chi connectivity index (χ1v) is 5.93. The molecule has 0 aromatic heterocycles. The Morgan fingerprint density at radius 3 is 2.67 bits per heavy atom. The molecule has 3 nitrogen and oxygen atoms in total. The van der Waals surface area contributed by atoms with Crippen LogP contribution >= 0.6 is 0 Å². The van der Waals surface area contributed by atoms with Crippen molar-refractivity contribution >= 4 is 5.91 Å². The molecule has 18 heavy (non-hydrogen) atoms. The molecule has 0 aliphatic heterocycles. The van der Waals surface area contributed by atoms with Crippen molar-refractivity contribution in [3.05, 3.63) is 35.4 Å². The van der Waals surface area contributed by atoms with Crippen molar-refractivity contribution in [3.8, 4) is 0 Å². The van der Waals surface area contributed by atoms with E-state index in [1.54, 1.807) is 0 Å². The Hall–Kier alpha value is -1.49. The van der Waals surface area contributed by atoms with Crippen LogP contribution in [0.5, 0.6) is 0 Å². The molecule has 0 aliphatic carbocycles. The fraction of sp³-hybridized carbons (Fsp3) is 0.462. The monoisotopic (exact) mass is 256 g/mol. The van der Waals surface area contributed by atoms with Gasteiger partial charge in [-0.25, -0.2) is 8.78 Å². The van der Waals surface area contributed by atoms with Gasteiger partial charge in [0.15, 0.2) is 0 Å². The van der Waals surface area contributed by atoms with E-state index >= 15 is 0 Å². The Morgan fingerprint density at radius 1 is 1.33 bits per heavy atom. The molecule has 1 aromatic carbocycles. The van der Waals surface area contributed by atoms with Crippen molar-refractivity contribution in [2.75, 3.05) is 13.1 Å². The number of amides is 1. The van der Waals surface area contributed by atoms with E-state index in [0.717, 1.165) is 6.07 Å². The van der Waals surface area contributed by atoms with Crippen molar-refractivity contribution in [3.63, 3.8) is 0 Å². The second-order valence-electron chi connectivity index (χ2n) is 4.37. The lowest BCUT2D eigenvalue weighted by molar-refractivity contribution is -0.120. The summed E-state index contributed by atoms with van der Waals surface area (Å²) in [5.41, 5.74) is 0.397. The van der Waals surface area contributed by atoms with Crippen LogP contribution in [-0.4, -0.2) is 25.0 Å². The average Bonchev–Trinajstić information content (AvgIpc) is 2.29. The van der Waals surface area contributed by atoms with Gasteiger partial charge in [-0.2, -0.15) is 0 Å². The molecule has 5 heteroatoms. The van der Waals surface area contributed by atoms with E-state index in [1.165, 1.54) is 12.1 Å². The van der Waals surface area contributed by atoms with Crippen LogP contribution in [0.4, 0.5) is 8.78 Å². The van der Waals surface area contributed by atoms with E-state index in [1.807, 2.05) is 13.8 Å². The van der Waals surface area contributed by atoms with Gasteiger partial charge < -0.3 is 10.6 Å². The van der Waals surface area contributed by atoms with Crippen LogP contribution in [0.3, 0.4) is 0 Å². The van der Waals surface area contributed by atoms with Crippen molar-refractivity contribution in [1.29, 1.82) is 0 Å². The van der Waals surface area contributed by atoms with Crippen LogP contribution in [0.1, 0.15) is 19.4 Å². The zero-order valence-electron chi connectivity index (χ0n) is 10.6. The van der Waals surface area contributed by atoms with Crippen LogP contribution in [-0.2, 0) is 11.2 Å². The molecule has 0 unspecified atom stereocenters. The lowest BCUT2D eigenvalue weighted by Crippen LogP contribution is -2.37. The van der Waals surface area contributed by atoms with Crippen LogP contribution in [0, 0.1) is 11.6 Å². The van der Waals surface area contributed by atoms with Crippen LogP contribution in [0.25, 0.3) is 0 Å². The van der Waals surface area contributed by atoms with Crippen LogP contribution in [0.15, 0.2) is 18.2 Å². The minimum atomic E-state index is -0.596. The highest BCUT2D eigenvalue weighted by Gasteiger charge is 2.05. The first kappa shape index (κ1) is 14.6. The zero-order valence-corrected chi connectivity index (χ0v) is 10.6. The highest BCUT2D eigenvalue weighted by molar-refractivity contribution is 5.77. The quantitative estimate of drug-likeness (QED) is 0.812. The number of nitrogens with one attached hydrogen (secondary N) is 2. The second kappa shape index (κ2) is 7.06. The molecule has 1 aromatic rings. The Balaban J connectivity index is 2.31. The highest BCUT2D eigenvalue weighted by atomic mass is 19.1. The smallest absolute Gasteiger partial charge is 0.233 e. The van der Waals surface area contributed by atoms with Gasteiger partial charge in [0, 0.05) is 18.7 Å². The molecular formula is C13H18F2N2O. The molecule has 2 N–H and O–H groups in total. The predicted octanol–water partition coefficient (Wildman–Crippen LogP) is 1.62. The summed E-state index contributed by atoms with van der Waals surface area (Å²) in [6.07, 6.45) is 0.347. The number of carbonyl (C=O) groups excluding carboxylic acids is 1. The summed E-state index contributed by atoms with van der Waals surface area (Å²) in [6.45, 7) is 4.47. The summed E-state index contributed by atoms with van der Waals surface area (Å²) < 4.78 is 25.9. The average molecular weight is 256 g/mol. The Kier molecular flexibility index (Phi) is 5.71. The standard InChI is InChI=1S/C13H18F2N2O/c1-9(2)17-8-13(18)16-6-5-10-3-4-11(14)7-12(10)15/h3-4,7,9,17H,5-6,8H2,1-2H3,(H,16,18). The number of hydrogen-bond donors (Lipinski definition) is 2. The third kappa shape index (κ3) is 5.23. The number of rotatable bonds is 6. The molecule has 0 saturated carbocycles. The molecule has 0 heterocycles. The van der Waals surface area contributed by atoms with E-state index in [2.05, 4.69) is 10.6 Å². The molecule has 0 atom stereocenters. The van der Waals surface area contributed by atoms with E-state index in [4.69, 9.17) is 0 Å². The van der Waals surface area contributed by atoms with Gasteiger partial charge in [0.05, 0.1) is 6.54 Å². The van der Waals surface area contributed by atoms with Gasteiger partial charge in [-0.15, -0.1) is 0 Å². The molecule has 0 fully saturated rings. The predicted molar refractivity (Wildman–Crippen MR) is 66.2 cm³/mol. The lowest BCUT2D eigenvalue weighted by atomic mass is 10.1. The summed E-state index contributed by atoms with van der Waals surface area (Å²) in [4.78, 5) is 11.3. The van der Waals surface area contributed by atoms with Crippen molar-refractivity contribution in [1.82, 2.24) is 10.6 Å². The fourth-order valence-corrected chi connectivity index (χ4v) is 1.42. The Morgan fingerprint density at radius 2 is 2.06 bits per heavy atom. The maximum Gasteiger partial charge on any atom is 0.233 e. The van der Waals surface area contributed by atoms with E-state index in [-0.39, 0.29) is 18.5 Å². The van der Waals surface area contributed by atoms with Crippen molar-refractivity contribution in [2.24, 2.45) is 0 Å². The lowest BCUT2D eigenvalue weighted by Gasteiger charge is -2.09. The molecular weight excluding hydrogens is 238 g/mol. The summed E-state index contributed by atoms with van der Waals surface area (Å²) in [7, 11) is 0. The Bertz CT molecular complexity index is 408. The molecule has 1 rings (SSSR count). The normalized spacial score (nSPS) is 10.7. The summed E-state index contributed by atoms with van der Waals surface area (Å²) >= 11 is 0. The number of hydrogen-bond acceptors (Lipinski definition) is 2. The van der Waals surface area contributed by atoms with Gasteiger partial charge in [0.1, 0.15) is 11.6 Å². The first-order valence-electron chi connectivity index (χ1n) is 5.93. The minimum Gasteiger partial charge on any atom is -0.355 e. The van der Waals surface area contributed by atoms with Gasteiger partial charge in [0.25, 0.3) is 0 Å². The number of benzene rings is 1. The third-order valence-corrected chi connectivity index (χ3v) is 2.40. The second-order valence-corrected chi connectivity index (χ2v) is 4.37. The summed E-state index contributed by atoms with van der Waals surface area (Å²) in [6, 6.07) is 3.69. The molecule has 0 aliphatic rings. The summed E-state index contributed by atoms with van der Waals surface area (Å²) in [5, 5.41) is 5.64. The van der Waals surface area contributed by atoms with Gasteiger partial charge >= 0.3 is 0 Å². The van der Waals surface area contributed by atoms with Crippen molar-refractivity contribution in [2.45, 2.75) is 26.3 Å². The van der Waals surface area contributed by atoms with Gasteiger partial charge in [-0.1, -0.05) is 19.9 Å². The molecule has 0 bridgehead atoms. The largest absolute Gasteiger partial charge is 0.355 e. The van der Waals surface area contributed by atoms with Gasteiger partial charge in [-0.05, 0) is 18.1 Å². The van der Waals surface area contributed by atoms with Crippen LogP contribution < -0.4 is 10.6 Å². The van der Waals surface area contributed by atoms with E-state index in [0.29, 0.717) is 18.5 Å². The third-order valence-electron chi connectivity index (χ3n) is 2.40. The topological polar surface area (TPSA) is 41.1 Å². The number of halogens is 2. The molecule has 0 saturated heterocycles. The molecule has 0 radical (unpaired) electrons. The minimum absolute atomic E-state index is 0.133. The SMILES string of the molecule is CC(C)NCC(=O)NCCc1ccc(F)cc1F. The van der Waals surface area contributed by atoms with Crippen LogP contribution in [0.2, 0.25) is 0 Å². The maximum absolute atomic E-state index is 13.3. The van der Waals surface area contributed by atoms with E-state index in [9.17, 15) is 13.6 Å². The maximum atomic E-state index is 13.3. The first-order chi connectivity index (χ1) is 8.49. The molecule has 100 valence electrons. The van der Waals surface area contributed by atoms with E-state index < -0.39 is 11.6 Å². The Labute approximate surface area is 106 Å². The molecule has 0 spiro atoms. The van der Waals surface area contributed by atoms with Crippen molar-refractivity contribution < 1.29 is 13.6 Å². The zero-order chi connectivity index (χ0) is 13.5. The number of carbonyl (C=O) groups is 1. The van der Waals surface area contributed by atoms with Gasteiger partial charge in [0.2, 0.25) is 5.91 Å². The summed E-state index contributed by atoms with van der Waals surface area (Å²) in [5.74, 6) is -1.31.